The minimum absolute atomic E-state index is 0.0922. The van der Waals surface area contributed by atoms with Gasteiger partial charge in [0.15, 0.2) is 0 Å². The van der Waals surface area contributed by atoms with Gasteiger partial charge in [0.05, 0.1) is 11.3 Å². The molecular formula is C24H37N3O. The number of rotatable bonds is 8. The van der Waals surface area contributed by atoms with E-state index in [0.29, 0.717) is 5.92 Å². The molecule has 1 aliphatic carbocycles. The predicted octanol–water partition coefficient (Wildman–Crippen LogP) is 5.23. The molecule has 1 saturated heterocycles. The average Bonchev–Trinajstić information content (AvgIpc) is 3.15. The molecule has 0 radical (unpaired) electrons. The van der Waals surface area contributed by atoms with Crippen molar-refractivity contribution in [3.63, 3.8) is 0 Å². The van der Waals surface area contributed by atoms with E-state index in [0.717, 1.165) is 51.1 Å². The van der Waals surface area contributed by atoms with Crippen LogP contribution in [0.1, 0.15) is 65.2 Å². The standard InChI is InChI=1S/C24H37N3O/c1-4-13-26-21(5-2)18-25-15-11-23(22-17-20(3)8-14-27-22)12-16-28-24(19-23)9-6-7-10-24/h4-5,13-14,17,20,25H,2,6-12,15-16,18-19H2,1,3H3/b13-4-,26-21+/t20?,23-/m1/s1. The maximum atomic E-state index is 6.37. The van der Waals surface area contributed by atoms with Crippen molar-refractivity contribution in [1.29, 1.82) is 0 Å². The van der Waals surface area contributed by atoms with Gasteiger partial charge >= 0.3 is 0 Å². The second kappa shape index (κ2) is 9.80. The van der Waals surface area contributed by atoms with Gasteiger partial charge in [0.2, 0.25) is 0 Å². The fraction of sp³-hybridized carbons (Fsp3) is 0.667. The summed E-state index contributed by atoms with van der Waals surface area (Å²) in [7, 11) is 0. The highest BCUT2D eigenvalue weighted by molar-refractivity contribution is 5.96. The van der Waals surface area contributed by atoms with Crippen molar-refractivity contribution in [2.75, 3.05) is 19.7 Å². The van der Waals surface area contributed by atoms with Gasteiger partial charge in [-0.05, 0) is 64.0 Å². The van der Waals surface area contributed by atoms with E-state index in [2.05, 4.69) is 36.1 Å². The summed E-state index contributed by atoms with van der Waals surface area (Å²) in [5.74, 6) is 0.583. The minimum atomic E-state index is 0.0922. The molecule has 1 saturated carbocycles. The average molecular weight is 384 g/mol. The molecule has 4 heteroatoms. The monoisotopic (exact) mass is 383 g/mol. The number of allylic oxidation sites excluding steroid dienone is 3. The molecule has 154 valence electrons. The lowest BCUT2D eigenvalue weighted by atomic mass is 9.67. The normalized spacial score (nSPS) is 30.1. The van der Waals surface area contributed by atoms with Gasteiger partial charge in [0.25, 0.3) is 0 Å². The molecule has 0 bridgehead atoms. The van der Waals surface area contributed by atoms with Crippen LogP contribution in [-0.2, 0) is 4.74 Å². The van der Waals surface area contributed by atoms with Gasteiger partial charge in [0, 0.05) is 36.7 Å². The summed E-state index contributed by atoms with van der Waals surface area (Å²) in [5.41, 5.74) is 2.52. The first-order valence-electron chi connectivity index (χ1n) is 11.0. The van der Waals surface area contributed by atoms with E-state index in [1.54, 1.807) is 0 Å². The number of hydrogen-bond donors (Lipinski definition) is 1. The van der Waals surface area contributed by atoms with E-state index in [1.165, 1.54) is 31.4 Å². The topological polar surface area (TPSA) is 46.0 Å². The maximum Gasteiger partial charge on any atom is 0.0691 e. The highest BCUT2D eigenvalue weighted by Gasteiger charge is 2.48. The zero-order valence-corrected chi connectivity index (χ0v) is 17.8. The molecule has 3 aliphatic rings. The van der Waals surface area contributed by atoms with Crippen LogP contribution in [0.4, 0.5) is 0 Å². The Hall–Kier alpha value is -1.52. The van der Waals surface area contributed by atoms with Crippen molar-refractivity contribution in [1.82, 2.24) is 5.32 Å². The van der Waals surface area contributed by atoms with Crippen LogP contribution >= 0.6 is 0 Å². The van der Waals surface area contributed by atoms with Gasteiger partial charge < -0.3 is 10.1 Å². The largest absolute Gasteiger partial charge is 0.375 e. The predicted molar refractivity (Wildman–Crippen MR) is 119 cm³/mol. The van der Waals surface area contributed by atoms with E-state index in [4.69, 9.17) is 9.73 Å². The van der Waals surface area contributed by atoms with Crippen LogP contribution in [0.25, 0.3) is 0 Å². The molecule has 1 spiro atoms. The first kappa shape index (κ1) is 21.2. The van der Waals surface area contributed by atoms with Gasteiger partial charge in [-0.1, -0.05) is 38.5 Å². The molecule has 28 heavy (non-hydrogen) atoms. The van der Waals surface area contributed by atoms with Gasteiger partial charge in [-0.15, -0.1) is 0 Å². The Morgan fingerprint density at radius 1 is 1.39 bits per heavy atom. The molecule has 0 amide bonds. The summed E-state index contributed by atoms with van der Waals surface area (Å²) >= 11 is 0. The lowest BCUT2D eigenvalue weighted by Gasteiger charge is -2.47. The fourth-order valence-electron chi connectivity index (χ4n) is 5.02. The van der Waals surface area contributed by atoms with Gasteiger partial charge in [-0.2, -0.15) is 0 Å². The Morgan fingerprint density at radius 2 is 2.21 bits per heavy atom. The number of hydrogen-bond acceptors (Lipinski definition) is 4. The van der Waals surface area contributed by atoms with Crippen LogP contribution in [0.5, 0.6) is 0 Å². The molecule has 0 aromatic rings. The van der Waals surface area contributed by atoms with E-state index < -0.39 is 0 Å². The van der Waals surface area contributed by atoms with Crippen molar-refractivity contribution in [3.8, 4) is 0 Å². The van der Waals surface area contributed by atoms with Crippen LogP contribution in [0.3, 0.4) is 0 Å². The Bertz CT molecular complexity index is 655. The Kier molecular flexibility index (Phi) is 7.42. The summed E-state index contributed by atoms with van der Waals surface area (Å²) in [4.78, 5) is 9.33. The van der Waals surface area contributed by atoms with E-state index in [1.807, 2.05) is 25.3 Å². The van der Waals surface area contributed by atoms with Crippen LogP contribution in [0.2, 0.25) is 0 Å². The van der Waals surface area contributed by atoms with Crippen molar-refractivity contribution < 1.29 is 4.74 Å². The molecule has 2 aliphatic heterocycles. The smallest absolute Gasteiger partial charge is 0.0691 e. The second-order valence-electron chi connectivity index (χ2n) is 8.76. The Labute approximate surface area is 171 Å². The molecule has 1 N–H and O–H groups in total. The number of aliphatic imine (C=N–C) groups is 2. The first-order valence-corrected chi connectivity index (χ1v) is 11.0. The molecule has 0 aromatic carbocycles. The number of nitrogens with zero attached hydrogens (tertiary/aromatic N) is 2. The van der Waals surface area contributed by atoms with Crippen LogP contribution in [0.15, 0.2) is 46.7 Å². The van der Waals surface area contributed by atoms with Crippen LogP contribution < -0.4 is 5.32 Å². The SMILES string of the molecule is C=C/C(CNCC[C@@]1(C2=CC(C)CC=N2)CCOC2(CCCC2)C1)=N\C=C/C. The van der Waals surface area contributed by atoms with E-state index in [-0.39, 0.29) is 11.0 Å². The first-order chi connectivity index (χ1) is 13.6. The van der Waals surface area contributed by atoms with Crippen LogP contribution in [0, 0.1) is 11.3 Å². The van der Waals surface area contributed by atoms with Gasteiger partial charge in [-0.25, -0.2) is 0 Å². The van der Waals surface area contributed by atoms with Crippen molar-refractivity contribution in [3.05, 3.63) is 36.7 Å². The molecule has 2 fully saturated rings. The summed E-state index contributed by atoms with van der Waals surface area (Å²) in [6, 6.07) is 0. The third kappa shape index (κ3) is 5.09. The molecule has 1 unspecified atom stereocenters. The third-order valence-electron chi connectivity index (χ3n) is 6.57. The zero-order chi connectivity index (χ0) is 19.9. The maximum absolute atomic E-state index is 6.37. The van der Waals surface area contributed by atoms with Gasteiger partial charge in [-0.3, -0.25) is 9.98 Å². The van der Waals surface area contributed by atoms with E-state index in [9.17, 15) is 0 Å². The van der Waals surface area contributed by atoms with Crippen molar-refractivity contribution in [2.24, 2.45) is 21.3 Å². The number of nitrogens with one attached hydrogen (secondary N) is 1. The minimum Gasteiger partial charge on any atom is -0.375 e. The lowest BCUT2D eigenvalue weighted by Crippen LogP contribution is -2.46. The zero-order valence-electron chi connectivity index (χ0n) is 17.8. The van der Waals surface area contributed by atoms with Crippen molar-refractivity contribution in [2.45, 2.75) is 70.8 Å². The molecule has 2 atom stereocenters. The number of ether oxygens (including phenoxy) is 1. The van der Waals surface area contributed by atoms with E-state index >= 15 is 0 Å². The highest BCUT2D eigenvalue weighted by Crippen LogP contribution is 2.53. The fourth-order valence-corrected chi connectivity index (χ4v) is 5.02. The Balaban J connectivity index is 1.70. The summed E-state index contributed by atoms with van der Waals surface area (Å²) in [6.07, 6.45) is 19.5. The third-order valence-corrected chi connectivity index (χ3v) is 6.57. The molecule has 4 nitrogen and oxygen atoms in total. The Morgan fingerprint density at radius 3 is 2.93 bits per heavy atom. The summed E-state index contributed by atoms with van der Waals surface area (Å²) in [5, 5.41) is 3.59. The molecule has 2 heterocycles. The summed E-state index contributed by atoms with van der Waals surface area (Å²) < 4.78 is 6.37. The summed E-state index contributed by atoms with van der Waals surface area (Å²) in [6.45, 7) is 10.7. The quantitative estimate of drug-likeness (QED) is 0.461. The van der Waals surface area contributed by atoms with Crippen LogP contribution in [-0.4, -0.2) is 37.2 Å². The lowest BCUT2D eigenvalue weighted by molar-refractivity contribution is -0.115. The second-order valence-corrected chi connectivity index (χ2v) is 8.76. The molecule has 3 rings (SSSR count). The van der Waals surface area contributed by atoms with Crippen molar-refractivity contribution >= 4 is 11.9 Å². The molecular weight excluding hydrogens is 346 g/mol. The van der Waals surface area contributed by atoms with Gasteiger partial charge in [0.1, 0.15) is 0 Å². The molecule has 0 aromatic heterocycles. The highest BCUT2D eigenvalue weighted by atomic mass is 16.5.